The van der Waals surface area contributed by atoms with Crippen LogP contribution in [0.25, 0.3) is 22.5 Å². The van der Waals surface area contributed by atoms with Gasteiger partial charge in [0.1, 0.15) is 5.82 Å². The SMILES string of the molecule is CCCCc1nc(Cl)c(C(=O)OCOC(=O)OCCCCO[N+](=O)[O-])n1Cc1ccc(-c2ccccc2-c2nnn(COC(=O)OCCCCO[N+](=O)[O-])n2)cc1. The summed E-state index contributed by atoms with van der Waals surface area (Å²) in [5.74, 6) is -0.0330. The average Bonchev–Trinajstić information content (AvgIpc) is 3.79. The number of aryl methyl sites for hydroxylation is 1. The van der Waals surface area contributed by atoms with Gasteiger partial charge in [0.2, 0.25) is 19.3 Å². The monoisotopic (exact) mass is 818 g/mol. The Balaban J connectivity index is 1.36. The number of nitrogens with zero attached hydrogens (tertiary/aromatic N) is 8. The highest BCUT2D eigenvalue weighted by molar-refractivity contribution is 6.32. The lowest BCUT2D eigenvalue weighted by Crippen LogP contribution is -2.18. The summed E-state index contributed by atoms with van der Waals surface area (Å²) in [4.78, 5) is 71.2. The van der Waals surface area contributed by atoms with E-state index in [0.29, 0.717) is 37.1 Å². The van der Waals surface area contributed by atoms with Crippen molar-refractivity contribution >= 4 is 29.9 Å². The minimum atomic E-state index is -1.09. The highest BCUT2D eigenvalue weighted by Crippen LogP contribution is 2.30. The number of ether oxygens (including phenoxy) is 5. The Morgan fingerprint density at radius 3 is 2.02 bits per heavy atom. The van der Waals surface area contributed by atoms with Gasteiger partial charge in [0.05, 0.1) is 26.4 Å². The van der Waals surface area contributed by atoms with Crippen molar-refractivity contribution in [2.75, 3.05) is 33.2 Å². The Bertz CT molecular complexity index is 1960. The third-order valence-corrected chi connectivity index (χ3v) is 8.02. The van der Waals surface area contributed by atoms with E-state index in [1.165, 1.54) is 0 Å². The highest BCUT2D eigenvalue weighted by atomic mass is 35.5. The lowest BCUT2D eigenvalue weighted by atomic mass is 9.98. The fraction of sp³-hybridized carbons (Fsp3) is 0.441. The normalized spacial score (nSPS) is 10.7. The predicted molar refractivity (Wildman–Crippen MR) is 193 cm³/mol. The minimum Gasteiger partial charge on any atom is -0.434 e. The molecule has 23 heteroatoms. The molecule has 0 aliphatic heterocycles. The highest BCUT2D eigenvalue weighted by Gasteiger charge is 2.24. The van der Waals surface area contributed by atoms with Gasteiger partial charge in [-0.25, -0.2) is 19.4 Å². The van der Waals surface area contributed by atoms with Crippen LogP contribution in [0.15, 0.2) is 48.5 Å². The summed E-state index contributed by atoms with van der Waals surface area (Å²) in [6.07, 6.45) is 1.36. The summed E-state index contributed by atoms with van der Waals surface area (Å²) in [5.41, 5.74) is 3.03. The molecule has 0 saturated carbocycles. The van der Waals surface area contributed by atoms with Crippen LogP contribution in [0.2, 0.25) is 5.15 Å². The molecule has 4 aromatic rings. The summed E-state index contributed by atoms with van der Waals surface area (Å²) >= 11 is 6.43. The number of rotatable bonds is 24. The Labute approximate surface area is 329 Å². The molecule has 2 aromatic heterocycles. The Kier molecular flexibility index (Phi) is 17.2. The van der Waals surface area contributed by atoms with Crippen molar-refractivity contribution in [2.45, 2.75) is 65.1 Å². The molecule has 57 heavy (non-hydrogen) atoms. The van der Waals surface area contributed by atoms with Crippen molar-refractivity contribution in [3.63, 3.8) is 0 Å². The molecule has 4 rings (SSSR count). The largest absolute Gasteiger partial charge is 0.511 e. The second-order valence-electron chi connectivity index (χ2n) is 11.8. The molecule has 0 aliphatic carbocycles. The van der Waals surface area contributed by atoms with E-state index < -0.39 is 35.2 Å². The molecule has 0 unspecified atom stereocenters. The quantitative estimate of drug-likeness (QED) is 0.0208. The Morgan fingerprint density at radius 1 is 0.772 bits per heavy atom. The van der Waals surface area contributed by atoms with E-state index in [0.717, 1.165) is 34.3 Å². The first-order valence-electron chi connectivity index (χ1n) is 17.6. The number of imidazole rings is 1. The van der Waals surface area contributed by atoms with Gasteiger partial charge >= 0.3 is 18.3 Å². The molecule has 0 spiro atoms. The maximum Gasteiger partial charge on any atom is 0.511 e. The zero-order chi connectivity index (χ0) is 41.0. The summed E-state index contributed by atoms with van der Waals surface area (Å²) in [6.45, 7) is 0.767. The second kappa shape index (κ2) is 22.7. The van der Waals surface area contributed by atoms with Crippen LogP contribution < -0.4 is 0 Å². The van der Waals surface area contributed by atoms with Crippen LogP contribution in [0, 0.1) is 20.2 Å². The molecule has 0 fully saturated rings. The smallest absolute Gasteiger partial charge is 0.434 e. The molecule has 0 radical (unpaired) electrons. The minimum absolute atomic E-state index is 0.0147. The molecular formula is C34H39ClN8O14. The number of hydrogen-bond donors (Lipinski definition) is 0. The van der Waals surface area contributed by atoms with Crippen LogP contribution >= 0.6 is 11.6 Å². The van der Waals surface area contributed by atoms with Gasteiger partial charge in [-0.15, -0.1) is 35.2 Å². The maximum absolute atomic E-state index is 13.2. The van der Waals surface area contributed by atoms with E-state index in [1.54, 1.807) is 4.57 Å². The van der Waals surface area contributed by atoms with Crippen molar-refractivity contribution in [1.29, 1.82) is 0 Å². The van der Waals surface area contributed by atoms with Gasteiger partial charge in [0.25, 0.3) is 10.2 Å². The van der Waals surface area contributed by atoms with Crippen LogP contribution in [0.5, 0.6) is 0 Å². The van der Waals surface area contributed by atoms with Gasteiger partial charge in [0.15, 0.2) is 10.8 Å². The zero-order valence-corrected chi connectivity index (χ0v) is 31.4. The van der Waals surface area contributed by atoms with Gasteiger partial charge < -0.3 is 37.9 Å². The maximum atomic E-state index is 13.2. The van der Waals surface area contributed by atoms with Crippen LogP contribution in [-0.2, 0) is 53.1 Å². The molecule has 0 aliphatic rings. The first-order valence-corrected chi connectivity index (χ1v) is 18.0. The molecule has 2 aromatic carbocycles. The van der Waals surface area contributed by atoms with Crippen LogP contribution in [0.4, 0.5) is 9.59 Å². The first kappa shape index (κ1) is 43.2. The number of carbonyl (C=O) groups is 3. The van der Waals surface area contributed by atoms with Crippen LogP contribution in [-0.4, -0.2) is 91.4 Å². The molecule has 22 nitrogen and oxygen atoms in total. The molecular weight excluding hydrogens is 780 g/mol. The van der Waals surface area contributed by atoms with Gasteiger partial charge in [0, 0.05) is 18.5 Å². The summed E-state index contributed by atoms with van der Waals surface area (Å²) < 4.78 is 26.5. The fourth-order valence-electron chi connectivity index (χ4n) is 5.06. The number of esters is 1. The predicted octanol–water partition coefficient (Wildman–Crippen LogP) is 5.60. The first-order chi connectivity index (χ1) is 27.5. The zero-order valence-electron chi connectivity index (χ0n) is 30.7. The number of halogens is 1. The third-order valence-electron chi connectivity index (χ3n) is 7.75. The van der Waals surface area contributed by atoms with E-state index in [9.17, 15) is 34.6 Å². The lowest BCUT2D eigenvalue weighted by Gasteiger charge is -2.13. The van der Waals surface area contributed by atoms with Gasteiger partial charge in [-0.2, -0.15) is 0 Å². The van der Waals surface area contributed by atoms with Gasteiger partial charge in [-0.1, -0.05) is 73.5 Å². The standard InChI is InChI=1S/C34H39ClN8O14/c1-2-3-12-28-36-30(35)29(32(44)54-23-55-34(46)52-18-7-9-20-57-43(49)50)40(28)21-24-13-15-25(16-14-24)26-10-4-5-11-27(26)31-37-39-41(38-31)22-53-33(45)51-17-6-8-19-56-42(47)48/h4-5,10-11,13-16H,2-3,6-9,12,17-23H2,1H3. The van der Waals surface area contributed by atoms with E-state index >= 15 is 0 Å². The number of unbranched alkanes of at least 4 members (excludes halogenated alkanes) is 3. The number of carbonyl (C=O) groups excluding carboxylic acids is 3. The van der Waals surface area contributed by atoms with E-state index in [2.05, 4.69) is 30.1 Å². The summed E-state index contributed by atoms with van der Waals surface area (Å²) in [7, 11) is 0. The van der Waals surface area contributed by atoms with Crippen molar-refractivity contribution in [2.24, 2.45) is 0 Å². The summed E-state index contributed by atoms with van der Waals surface area (Å²) in [5, 5.41) is 30.9. The molecule has 0 bridgehead atoms. The Morgan fingerprint density at radius 2 is 1.39 bits per heavy atom. The van der Waals surface area contributed by atoms with Crippen LogP contribution in [0.1, 0.15) is 67.3 Å². The van der Waals surface area contributed by atoms with Gasteiger partial charge in [-0.3, -0.25) is 0 Å². The molecule has 0 atom stereocenters. The average molecular weight is 819 g/mol. The van der Waals surface area contributed by atoms with E-state index in [4.69, 9.17) is 35.3 Å². The third kappa shape index (κ3) is 14.2. The van der Waals surface area contributed by atoms with E-state index in [-0.39, 0.29) is 62.8 Å². The number of aromatic nitrogens is 6. The van der Waals surface area contributed by atoms with Gasteiger partial charge in [-0.05, 0) is 54.0 Å². The molecule has 306 valence electrons. The molecule has 2 heterocycles. The number of hydrogen-bond acceptors (Lipinski definition) is 18. The van der Waals surface area contributed by atoms with Crippen molar-refractivity contribution in [3.8, 4) is 22.5 Å². The topological polar surface area (TPSA) is 264 Å². The molecule has 0 N–H and O–H groups in total. The van der Waals surface area contributed by atoms with Crippen molar-refractivity contribution in [1.82, 2.24) is 29.8 Å². The van der Waals surface area contributed by atoms with Crippen LogP contribution in [0.3, 0.4) is 0 Å². The molecule has 0 amide bonds. The van der Waals surface area contributed by atoms with E-state index in [1.807, 2.05) is 55.5 Å². The summed E-state index contributed by atoms with van der Waals surface area (Å²) in [6, 6.07) is 14.9. The fourth-order valence-corrected chi connectivity index (χ4v) is 5.33. The van der Waals surface area contributed by atoms with Crippen molar-refractivity contribution < 1.29 is 57.9 Å². The lowest BCUT2D eigenvalue weighted by molar-refractivity contribution is -0.757. The molecule has 0 saturated heterocycles. The number of tetrazole rings is 1. The Hall–Kier alpha value is -6.58. The van der Waals surface area contributed by atoms with Crippen molar-refractivity contribution in [3.05, 3.63) is 91.0 Å². The second-order valence-corrected chi connectivity index (χ2v) is 12.1. The number of benzene rings is 2.